The second-order valence-corrected chi connectivity index (χ2v) is 6.66. The summed E-state index contributed by atoms with van der Waals surface area (Å²) in [6.07, 6.45) is 7.97. The van der Waals surface area contributed by atoms with Crippen molar-refractivity contribution in [3.8, 4) is 0 Å². The number of imidazole rings is 1. The van der Waals surface area contributed by atoms with E-state index in [1.165, 1.54) is 16.5 Å². The second kappa shape index (κ2) is 6.00. The van der Waals surface area contributed by atoms with Crippen LogP contribution in [0.2, 0.25) is 0 Å². The number of nitrogens with zero attached hydrogens (tertiary/aromatic N) is 3. The highest BCUT2D eigenvalue weighted by atomic mass is 15.0. The molecule has 3 nitrogen and oxygen atoms in total. The lowest BCUT2D eigenvalue weighted by atomic mass is 9.82. The Bertz CT molecular complexity index is 922. The van der Waals surface area contributed by atoms with Crippen LogP contribution in [0.3, 0.4) is 0 Å². The Kier molecular flexibility index (Phi) is 3.69. The summed E-state index contributed by atoms with van der Waals surface area (Å²) in [5, 5.41) is 1.29. The molecule has 4 rings (SSSR count). The predicted molar refractivity (Wildman–Crippen MR) is 98.0 cm³/mol. The summed E-state index contributed by atoms with van der Waals surface area (Å²) in [5.41, 5.74) is 2.60. The monoisotopic (exact) mass is 315 g/mol. The van der Waals surface area contributed by atoms with Gasteiger partial charge in [0.1, 0.15) is 0 Å². The summed E-state index contributed by atoms with van der Waals surface area (Å²) < 4.78 is 4.53. The first-order valence-corrected chi connectivity index (χ1v) is 8.30. The molecule has 120 valence electrons. The lowest BCUT2D eigenvalue weighted by Crippen LogP contribution is -2.32. The molecule has 2 aromatic heterocycles. The zero-order valence-electron chi connectivity index (χ0n) is 13.8. The quantitative estimate of drug-likeness (QED) is 0.532. The lowest BCUT2D eigenvalue weighted by molar-refractivity contribution is 0.345. The minimum absolute atomic E-state index is 0.0241. The van der Waals surface area contributed by atoms with E-state index in [0.717, 1.165) is 13.1 Å². The van der Waals surface area contributed by atoms with E-state index in [4.69, 9.17) is 0 Å². The van der Waals surface area contributed by atoms with Crippen molar-refractivity contribution in [1.29, 1.82) is 0 Å². The molecule has 0 spiro atoms. The molecule has 2 heterocycles. The molecule has 0 amide bonds. The van der Waals surface area contributed by atoms with Crippen molar-refractivity contribution in [3.05, 3.63) is 91.1 Å². The normalized spacial score (nSPS) is 13.9. The number of aromatic nitrogens is 3. The van der Waals surface area contributed by atoms with Gasteiger partial charge in [0.25, 0.3) is 0 Å². The van der Waals surface area contributed by atoms with E-state index in [9.17, 15) is 0 Å². The number of fused-ring (bicyclic) bond motifs is 1. The molecule has 24 heavy (non-hydrogen) atoms. The highest BCUT2D eigenvalue weighted by molar-refractivity contribution is 5.79. The van der Waals surface area contributed by atoms with Crippen LogP contribution in [-0.2, 0) is 18.5 Å². The van der Waals surface area contributed by atoms with Crippen LogP contribution in [0.4, 0.5) is 0 Å². The van der Waals surface area contributed by atoms with Gasteiger partial charge in [0.05, 0.1) is 6.33 Å². The molecule has 4 aromatic rings. The first kappa shape index (κ1) is 14.8. The van der Waals surface area contributed by atoms with E-state index >= 15 is 0 Å². The van der Waals surface area contributed by atoms with Crippen LogP contribution in [0, 0.1) is 0 Å². The predicted octanol–water partition coefficient (Wildman–Crippen LogP) is 4.50. The van der Waals surface area contributed by atoms with Gasteiger partial charge in [0.15, 0.2) is 0 Å². The van der Waals surface area contributed by atoms with Crippen molar-refractivity contribution in [2.75, 3.05) is 0 Å². The first-order valence-electron chi connectivity index (χ1n) is 8.30. The average molecular weight is 315 g/mol. The molecule has 0 fully saturated rings. The van der Waals surface area contributed by atoms with Gasteiger partial charge in [-0.25, -0.2) is 4.98 Å². The average Bonchev–Trinajstić information content (AvgIpc) is 3.26. The van der Waals surface area contributed by atoms with Gasteiger partial charge < -0.3 is 9.13 Å². The van der Waals surface area contributed by atoms with Crippen LogP contribution >= 0.6 is 0 Å². The van der Waals surface area contributed by atoms with E-state index in [1.807, 2.05) is 18.7 Å². The van der Waals surface area contributed by atoms with Crippen molar-refractivity contribution in [2.24, 2.45) is 0 Å². The number of para-hydroxylation sites is 1. The minimum atomic E-state index is -0.0241. The summed E-state index contributed by atoms with van der Waals surface area (Å²) >= 11 is 0. The maximum Gasteiger partial charge on any atom is 0.0946 e. The Morgan fingerprint density at radius 2 is 1.67 bits per heavy atom. The van der Waals surface area contributed by atoms with Crippen molar-refractivity contribution in [2.45, 2.75) is 25.4 Å². The van der Waals surface area contributed by atoms with Crippen LogP contribution in [0.1, 0.15) is 12.5 Å². The summed E-state index contributed by atoms with van der Waals surface area (Å²) in [6.45, 7) is 4.14. The van der Waals surface area contributed by atoms with Gasteiger partial charge in [-0.2, -0.15) is 0 Å². The Hall–Kier alpha value is -2.81. The fourth-order valence-electron chi connectivity index (χ4n) is 3.51. The Balaban J connectivity index is 1.75. The molecule has 3 heteroatoms. The molecule has 1 atom stereocenters. The number of hydrogen-bond donors (Lipinski definition) is 0. The van der Waals surface area contributed by atoms with Crippen molar-refractivity contribution >= 4 is 10.9 Å². The molecular formula is C21H21N3. The van der Waals surface area contributed by atoms with E-state index in [-0.39, 0.29) is 5.41 Å². The van der Waals surface area contributed by atoms with Gasteiger partial charge in [-0.15, -0.1) is 0 Å². The summed E-state index contributed by atoms with van der Waals surface area (Å²) in [5.74, 6) is 0. The highest BCUT2D eigenvalue weighted by Crippen LogP contribution is 2.30. The SMILES string of the molecule is CC(Cn1ccnc1)(Cn1ccc2ccccc21)c1ccccc1. The molecule has 0 N–H and O–H groups in total. The number of benzene rings is 2. The number of rotatable bonds is 5. The molecule has 0 saturated heterocycles. The fraction of sp³-hybridized carbons (Fsp3) is 0.190. The van der Waals surface area contributed by atoms with Crippen LogP contribution in [-0.4, -0.2) is 14.1 Å². The smallest absolute Gasteiger partial charge is 0.0946 e. The van der Waals surface area contributed by atoms with Gasteiger partial charge in [-0.1, -0.05) is 55.5 Å². The molecule has 0 bridgehead atoms. The van der Waals surface area contributed by atoms with E-state index in [1.54, 1.807) is 0 Å². The maximum absolute atomic E-state index is 4.20. The van der Waals surface area contributed by atoms with E-state index in [2.05, 4.69) is 87.9 Å². The first-order chi connectivity index (χ1) is 11.7. The van der Waals surface area contributed by atoms with Crippen LogP contribution in [0.5, 0.6) is 0 Å². The van der Waals surface area contributed by atoms with E-state index in [0.29, 0.717) is 0 Å². The highest BCUT2D eigenvalue weighted by Gasteiger charge is 2.28. The third-order valence-corrected chi connectivity index (χ3v) is 4.76. The third kappa shape index (κ3) is 2.73. The van der Waals surface area contributed by atoms with Gasteiger partial charge in [-0.05, 0) is 23.1 Å². The van der Waals surface area contributed by atoms with Crippen LogP contribution in [0.15, 0.2) is 85.6 Å². The second-order valence-electron chi connectivity index (χ2n) is 6.66. The zero-order valence-corrected chi connectivity index (χ0v) is 13.8. The summed E-state index contributed by atoms with van der Waals surface area (Å²) in [6, 6.07) is 21.5. The minimum Gasteiger partial charge on any atom is -0.347 e. The fourth-order valence-corrected chi connectivity index (χ4v) is 3.51. The molecule has 0 radical (unpaired) electrons. The largest absolute Gasteiger partial charge is 0.347 e. The van der Waals surface area contributed by atoms with Gasteiger partial charge >= 0.3 is 0 Å². The zero-order chi connectivity index (χ0) is 16.4. The van der Waals surface area contributed by atoms with Crippen LogP contribution < -0.4 is 0 Å². The van der Waals surface area contributed by atoms with Crippen molar-refractivity contribution in [1.82, 2.24) is 14.1 Å². The molecule has 0 saturated carbocycles. The summed E-state index contributed by atoms with van der Waals surface area (Å²) in [4.78, 5) is 4.20. The molecule has 1 unspecified atom stereocenters. The van der Waals surface area contributed by atoms with E-state index < -0.39 is 0 Å². The maximum atomic E-state index is 4.20. The molecule has 0 aliphatic rings. The standard InChI is InChI=1S/C21H21N3/c1-21(15-23-14-12-22-17-23,19-8-3-2-4-9-19)16-24-13-11-18-7-5-6-10-20(18)24/h2-14,17H,15-16H2,1H3. The van der Waals surface area contributed by atoms with Crippen LogP contribution in [0.25, 0.3) is 10.9 Å². The Morgan fingerprint density at radius 1 is 0.875 bits per heavy atom. The lowest BCUT2D eigenvalue weighted by Gasteiger charge is -2.31. The molecular weight excluding hydrogens is 294 g/mol. The van der Waals surface area contributed by atoms with Crippen molar-refractivity contribution < 1.29 is 0 Å². The Morgan fingerprint density at radius 3 is 2.46 bits per heavy atom. The topological polar surface area (TPSA) is 22.8 Å². The van der Waals surface area contributed by atoms with Gasteiger partial charge in [-0.3, -0.25) is 0 Å². The molecule has 0 aliphatic heterocycles. The molecule has 2 aromatic carbocycles. The Labute approximate surface area is 142 Å². The third-order valence-electron chi connectivity index (χ3n) is 4.76. The molecule has 0 aliphatic carbocycles. The number of hydrogen-bond acceptors (Lipinski definition) is 1. The van der Waals surface area contributed by atoms with Gasteiger partial charge in [0.2, 0.25) is 0 Å². The van der Waals surface area contributed by atoms with Crippen molar-refractivity contribution in [3.63, 3.8) is 0 Å². The van der Waals surface area contributed by atoms with Gasteiger partial charge in [0, 0.05) is 42.6 Å². The summed E-state index contributed by atoms with van der Waals surface area (Å²) in [7, 11) is 0.